The van der Waals surface area contributed by atoms with Crippen molar-refractivity contribution in [3.63, 3.8) is 0 Å². The molecular weight excluding hydrogens is 214 g/mol. The van der Waals surface area contributed by atoms with Crippen molar-refractivity contribution in [2.24, 2.45) is 5.92 Å². The van der Waals surface area contributed by atoms with Crippen LogP contribution in [0.1, 0.15) is 60.8 Å². The summed E-state index contributed by atoms with van der Waals surface area (Å²) in [5, 5.41) is 3.20. The van der Waals surface area contributed by atoms with E-state index in [2.05, 4.69) is 26.1 Å². The molecule has 17 heavy (non-hydrogen) atoms. The number of carbonyl (C=O) groups excluding carboxylic acids is 1. The number of hydrogen-bond donors (Lipinski definition) is 1. The maximum absolute atomic E-state index is 11.5. The van der Waals surface area contributed by atoms with Crippen LogP contribution in [0.15, 0.2) is 0 Å². The van der Waals surface area contributed by atoms with Gasteiger partial charge in [-0.1, -0.05) is 26.7 Å². The van der Waals surface area contributed by atoms with Crippen LogP contribution in [0.5, 0.6) is 0 Å². The van der Waals surface area contributed by atoms with Gasteiger partial charge in [-0.25, -0.2) is 0 Å². The Morgan fingerprint density at radius 3 is 2.24 bits per heavy atom. The average molecular weight is 243 g/mol. The van der Waals surface area contributed by atoms with Crippen LogP contribution in [0.25, 0.3) is 0 Å². The van der Waals surface area contributed by atoms with Crippen molar-refractivity contribution in [3.8, 4) is 0 Å². The fraction of sp³-hybridized carbons (Fsp3) is 0.929. The smallest absolute Gasteiger partial charge is 0.320 e. The molecule has 0 spiro atoms. The molecule has 0 heterocycles. The summed E-state index contributed by atoms with van der Waals surface area (Å²) in [5.41, 5.74) is -0.389. The Bertz CT molecular complexity index is 219. The molecule has 0 aromatic heterocycles. The molecule has 0 saturated carbocycles. The highest BCUT2D eigenvalue weighted by atomic mass is 16.6. The Balaban J connectivity index is 3.62. The van der Waals surface area contributed by atoms with Crippen LogP contribution in [0.2, 0.25) is 0 Å². The summed E-state index contributed by atoms with van der Waals surface area (Å²) in [6.45, 7) is 12.5. The Labute approximate surface area is 106 Å². The van der Waals surface area contributed by atoms with Gasteiger partial charge in [0, 0.05) is 6.04 Å². The summed E-state index contributed by atoms with van der Waals surface area (Å²) in [7, 11) is 0. The van der Waals surface area contributed by atoms with E-state index < -0.39 is 0 Å². The van der Waals surface area contributed by atoms with E-state index in [0.29, 0.717) is 12.6 Å². The third kappa shape index (κ3) is 11.7. The lowest BCUT2D eigenvalue weighted by Gasteiger charge is -2.20. The third-order valence-corrected chi connectivity index (χ3v) is 2.43. The van der Waals surface area contributed by atoms with Gasteiger partial charge in [0.05, 0.1) is 6.54 Å². The molecule has 1 N–H and O–H groups in total. The number of esters is 1. The highest BCUT2D eigenvalue weighted by Gasteiger charge is 2.16. The molecule has 0 bridgehead atoms. The maximum Gasteiger partial charge on any atom is 0.320 e. The molecule has 1 unspecified atom stereocenters. The minimum Gasteiger partial charge on any atom is -0.459 e. The molecule has 0 amide bonds. The van der Waals surface area contributed by atoms with E-state index in [9.17, 15) is 4.79 Å². The van der Waals surface area contributed by atoms with Crippen LogP contribution in [0.3, 0.4) is 0 Å². The van der Waals surface area contributed by atoms with Crippen LogP contribution in [0.4, 0.5) is 0 Å². The van der Waals surface area contributed by atoms with Crippen LogP contribution >= 0.6 is 0 Å². The summed E-state index contributed by atoms with van der Waals surface area (Å²) in [6, 6.07) is 0.376. The third-order valence-electron chi connectivity index (χ3n) is 2.43. The van der Waals surface area contributed by atoms with E-state index in [1.807, 2.05) is 20.8 Å². The largest absolute Gasteiger partial charge is 0.459 e. The summed E-state index contributed by atoms with van der Waals surface area (Å²) in [4.78, 5) is 11.5. The second-order valence-electron chi connectivity index (χ2n) is 6.19. The number of nitrogens with one attached hydrogen (secondary N) is 1. The van der Waals surface area contributed by atoms with Gasteiger partial charge in [-0.15, -0.1) is 0 Å². The Hall–Kier alpha value is -0.570. The van der Waals surface area contributed by atoms with Crippen molar-refractivity contribution in [3.05, 3.63) is 0 Å². The topological polar surface area (TPSA) is 38.3 Å². The lowest BCUT2D eigenvalue weighted by atomic mass is 10.0. The van der Waals surface area contributed by atoms with Crippen molar-refractivity contribution in [2.75, 3.05) is 6.54 Å². The molecule has 0 aromatic carbocycles. The molecule has 3 nitrogen and oxygen atoms in total. The SMILES string of the molecule is CC(C)CCCC(C)NCC(=O)OC(C)(C)C. The van der Waals surface area contributed by atoms with Gasteiger partial charge in [-0.2, -0.15) is 0 Å². The first-order valence-corrected chi connectivity index (χ1v) is 6.66. The van der Waals surface area contributed by atoms with Crippen LogP contribution in [-0.2, 0) is 9.53 Å². The molecule has 0 saturated heterocycles. The normalized spacial score (nSPS) is 13.8. The summed E-state index contributed by atoms with van der Waals surface area (Å²) in [5.74, 6) is 0.585. The molecule has 3 heteroatoms. The van der Waals surface area contributed by atoms with Crippen molar-refractivity contribution in [1.82, 2.24) is 5.32 Å². The monoisotopic (exact) mass is 243 g/mol. The second-order valence-corrected chi connectivity index (χ2v) is 6.19. The van der Waals surface area contributed by atoms with Gasteiger partial charge in [0.15, 0.2) is 0 Å². The van der Waals surface area contributed by atoms with Crippen molar-refractivity contribution < 1.29 is 9.53 Å². The quantitative estimate of drug-likeness (QED) is 0.698. The van der Waals surface area contributed by atoms with Crippen LogP contribution < -0.4 is 5.32 Å². The highest BCUT2D eigenvalue weighted by molar-refractivity contribution is 5.72. The van der Waals surface area contributed by atoms with Gasteiger partial charge < -0.3 is 10.1 Å². The van der Waals surface area contributed by atoms with E-state index in [1.165, 1.54) is 12.8 Å². The highest BCUT2D eigenvalue weighted by Crippen LogP contribution is 2.09. The lowest BCUT2D eigenvalue weighted by Crippen LogP contribution is -2.35. The average Bonchev–Trinajstić information content (AvgIpc) is 2.11. The van der Waals surface area contributed by atoms with Gasteiger partial charge >= 0.3 is 5.97 Å². The first kappa shape index (κ1) is 16.4. The lowest BCUT2D eigenvalue weighted by molar-refractivity contribution is -0.153. The van der Waals surface area contributed by atoms with Gasteiger partial charge in [-0.05, 0) is 40.0 Å². The van der Waals surface area contributed by atoms with E-state index in [4.69, 9.17) is 4.74 Å². The standard InChI is InChI=1S/C14H29NO2/c1-11(2)8-7-9-12(3)15-10-13(16)17-14(4,5)6/h11-12,15H,7-10H2,1-6H3. The minimum absolute atomic E-state index is 0.173. The van der Waals surface area contributed by atoms with Crippen molar-refractivity contribution in [1.29, 1.82) is 0 Å². The molecule has 0 aliphatic heterocycles. The predicted molar refractivity (Wildman–Crippen MR) is 72.0 cm³/mol. The summed E-state index contributed by atoms with van der Waals surface area (Å²) in [6.07, 6.45) is 3.57. The molecule has 0 fully saturated rings. The fourth-order valence-electron chi connectivity index (χ4n) is 1.57. The molecule has 102 valence electrons. The number of ether oxygens (including phenoxy) is 1. The fourth-order valence-corrected chi connectivity index (χ4v) is 1.57. The van der Waals surface area contributed by atoms with E-state index in [-0.39, 0.29) is 11.6 Å². The van der Waals surface area contributed by atoms with Crippen LogP contribution in [-0.4, -0.2) is 24.2 Å². The molecular formula is C14H29NO2. The zero-order valence-electron chi connectivity index (χ0n) is 12.3. The van der Waals surface area contributed by atoms with Crippen LogP contribution in [0, 0.1) is 5.92 Å². The summed E-state index contributed by atoms with van der Waals surface area (Å²) < 4.78 is 5.23. The Kier molecular flexibility index (Phi) is 7.44. The first-order chi connectivity index (χ1) is 7.70. The van der Waals surface area contributed by atoms with Gasteiger partial charge in [0.2, 0.25) is 0 Å². The molecule has 0 aliphatic carbocycles. The van der Waals surface area contributed by atoms with E-state index in [1.54, 1.807) is 0 Å². The molecule has 0 radical (unpaired) electrons. The second kappa shape index (κ2) is 7.70. The zero-order chi connectivity index (χ0) is 13.5. The first-order valence-electron chi connectivity index (χ1n) is 6.66. The molecule has 0 aromatic rings. The van der Waals surface area contributed by atoms with Gasteiger partial charge in [-0.3, -0.25) is 4.79 Å². The predicted octanol–water partition coefficient (Wildman–Crippen LogP) is 3.13. The van der Waals surface area contributed by atoms with Gasteiger partial charge in [0.25, 0.3) is 0 Å². The Morgan fingerprint density at radius 2 is 1.76 bits per heavy atom. The van der Waals surface area contributed by atoms with E-state index >= 15 is 0 Å². The molecule has 0 aliphatic rings. The zero-order valence-corrected chi connectivity index (χ0v) is 12.3. The van der Waals surface area contributed by atoms with Gasteiger partial charge in [0.1, 0.15) is 5.60 Å². The number of rotatable bonds is 7. The van der Waals surface area contributed by atoms with Crippen molar-refractivity contribution in [2.45, 2.75) is 72.4 Å². The molecule has 0 rings (SSSR count). The number of carbonyl (C=O) groups is 1. The summed E-state index contributed by atoms with van der Waals surface area (Å²) >= 11 is 0. The maximum atomic E-state index is 11.5. The molecule has 1 atom stereocenters. The number of hydrogen-bond acceptors (Lipinski definition) is 3. The Morgan fingerprint density at radius 1 is 1.18 bits per heavy atom. The van der Waals surface area contributed by atoms with Crippen molar-refractivity contribution >= 4 is 5.97 Å². The minimum atomic E-state index is -0.389. The van der Waals surface area contributed by atoms with E-state index in [0.717, 1.165) is 12.3 Å².